The standard InChI is InChI=1S/C25H24N4O3S2/c1-27-22-12-5-6-13-23(22)33-25(27)26-24(30)19-8-7-11-21(18-19)34(31,32)29-16-14-28(15-17-29)20-9-3-2-4-10-20/h2-13,18H,14-17H2,1H3. The SMILES string of the molecule is Cn1c(=NC(=O)c2cccc(S(=O)(=O)N3CCN(c4ccccc4)CC3)c2)sc2ccccc21. The van der Waals surface area contributed by atoms with Gasteiger partial charge in [-0.3, -0.25) is 4.79 Å². The number of aromatic nitrogens is 1. The van der Waals surface area contributed by atoms with Gasteiger partial charge >= 0.3 is 0 Å². The predicted molar refractivity (Wildman–Crippen MR) is 135 cm³/mol. The van der Waals surface area contributed by atoms with Crippen LogP contribution in [0.3, 0.4) is 0 Å². The van der Waals surface area contributed by atoms with Crippen molar-refractivity contribution in [2.24, 2.45) is 12.0 Å². The number of hydrogen-bond acceptors (Lipinski definition) is 5. The second kappa shape index (κ2) is 9.17. The molecule has 0 saturated carbocycles. The molecule has 1 amide bonds. The van der Waals surface area contributed by atoms with Crippen molar-refractivity contribution in [2.75, 3.05) is 31.1 Å². The van der Waals surface area contributed by atoms with Crippen LogP contribution in [-0.4, -0.2) is 49.4 Å². The lowest BCUT2D eigenvalue weighted by Crippen LogP contribution is -2.48. The zero-order valence-electron chi connectivity index (χ0n) is 18.7. The molecule has 0 atom stereocenters. The number of thiazole rings is 1. The minimum absolute atomic E-state index is 0.113. The van der Waals surface area contributed by atoms with Gasteiger partial charge in [-0.15, -0.1) is 0 Å². The smallest absolute Gasteiger partial charge is 0.279 e. The Morgan fingerprint density at radius 2 is 1.59 bits per heavy atom. The number of benzene rings is 3. The lowest BCUT2D eigenvalue weighted by atomic mass is 10.2. The highest BCUT2D eigenvalue weighted by molar-refractivity contribution is 7.89. The van der Waals surface area contributed by atoms with E-state index >= 15 is 0 Å². The van der Waals surface area contributed by atoms with Crippen LogP contribution in [-0.2, 0) is 17.1 Å². The van der Waals surface area contributed by atoms with E-state index in [-0.39, 0.29) is 10.5 Å². The van der Waals surface area contributed by atoms with Gasteiger partial charge in [-0.05, 0) is 42.5 Å². The van der Waals surface area contributed by atoms with E-state index in [1.165, 1.54) is 27.8 Å². The van der Waals surface area contributed by atoms with Gasteiger partial charge in [0.15, 0.2) is 4.80 Å². The number of amides is 1. The van der Waals surface area contributed by atoms with E-state index in [1.807, 2.05) is 66.2 Å². The molecule has 0 radical (unpaired) electrons. The van der Waals surface area contributed by atoms with Gasteiger partial charge in [0, 0.05) is 44.5 Å². The molecule has 0 bridgehead atoms. The fourth-order valence-electron chi connectivity index (χ4n) is 4.10. The molecule has 0 aliphatic carbocycles. The maximum absolute atomic E-state index is 13.3. The van der Waals surface area contributed by atoms with Crippen LogP contribution in [0.2, 0.25) is 0 Å². The highest BCUT2D eigenvalue weighted by atomic mass is 32.2. The first-order valence-corrected chi connectivity index (χ1v) is 13.2. The molecular formula is C25H24N4O3S2. The molecule has 1 aliphatic rings. The van der Waals surface area contributed by atoms with E-state index in [9.17, 15) is 13.2 Å². The fourth-order valence-corrected chi connectivity index (χ4v) is 6.59. The number of rotatable bonds is 4. The van der Waals surface area contributed by atoms with Gasteiger partial charge in [0.2, 0.25) is 10.0 Å². The van der Waals surface area contributed by atoms with Crippen molar-refractivity contribution >= 4 is 43.2 Å². The third-order valence-electron chi connectivity index (χ3n) is 5.99. The summed E-state index contributed by atoms with van der Waals surface area (Å²) < 4.78 is 31.0. The van der Waals surface area contributed by atoms with Crippen molar-refractivity contribution in [3.63, 3.8) is 0 Å². The lowest BCUT2D eigenvalue weighted by molar-refractivity contribution is 0.0997. The summed E-state index contributed by atoms with van der Waals surface area (Å²) in [6.45, 7) is 1.99. The average Bonchev–Trinajstić information content (AvgIpc) is 3.19. The Morgan fingerprint density at radius 1 is 0.882 bits per heavy atom. The summed E-state index contributed by atoms with van der Waals surface area (Å²) >= 11 is 1.42. The predicted octanol–water partition coefficient (Wildman–Crippen LogP) is 3.49. The molecule has 1 fully saturated rings. The summed E-state index contributed by atoms with van der Waals surface area (Å²) in [5.41, 5.74) is 2.33. The second-order valence-electron chi connectivity index (χ2n) is 8.08. The number of aryl methyl sites for hydroxylation is 1. The van der Waals surface area contributed by atoms with Crippen LogP contribution in [0.25, 0.3) is 10.2 Å². The number of carbonyl (C=O) groups is 1. The number of hydrogen-bond donors (Lipinski definition) is 0. The fraction of sp³-hybridized carbons (Fsp3) is 0.200. The summed E-state index contributed by atoms with van der Waals surface area (Å²) in [5.74, 6) is -0.465. The highest BCUT2D eigenvalue weighted by Gasteiger charge is 2.29. The Bertz CT molecular complexity index is 1520. The number of nitrogens with zero attached hydrogens (tertiary/aromatic N) is 4. The average molecular weight is 493 g/mol. The summed E-state index contributed by atoms with van der Waals surface area (Å²) in [6.07, 6.45) is 0. The molecule has 1 aliphatic heterocycles. The number of piperazine rings is 1. The number of carbonyl (C=O) groups excluding carboxylic acids is 1. The largest absolute Gasteiger partial charge is 0.369 e. The maximum Gasteiger partial charge on any atom is 0.279 e. The third-order valence-corrected chi connectivity index (χ3v) is 9.00. The zero-order valence-corrected chi connectivity index (χ0v) is 20.3. The Balaban J connectivity index is 1.37. The maximum atomic E-state index is 13.3. The van der Waals surface area contributed by atoms with Crippen LogP contribution in [0, 0.1) is 0 Å². The van der Waals surface area contributed by atoms with Gasteiger partial charge in [0.25, 0.3) is 5.91 Å². The number of sulfonamides is 1. The van der Waals surface area contributed by atoms with Gasteiger partial charge < -0.3 is 9.47 Å². The molecule has 0 N–H and O–H groups in total. The van der Waals surface area contributed by atoms with Crippen LogP contribution in [0.5, 0.6) is 0 Å². The number of fused-ring (bicyclic) bond motifs is 1. The molecule has 174 valence electrons. The molecule has 0 unspecified atom stereocenters. The van der Waals surface area contributed by atoms with E-state index in [0.717, 1.165) is 15.9 Å². The molecule has 1 saturated heterocycles. The molecule has 0 spiro atoms. The van der Waals surface area contributed by atoms with E-state index in [2.05, 4.69) is 9.89 Å². The van der Waals surface area contributed by atoms with Crippen molar-refractivity contribution in [3.8, 4) is 0 Å². The monoisotopic (exact) mass is 492 g/mol. The molecule has 9 heteroatoms. The molecule has 1 aromatic heterocycles. The number of para-hydroxylation sites is 2. The van der Waals surface area contributed by atoms with E-state index in [1.54, 1.807) is 12.1 Å². The van der Waals surface area contributed by atoms with Gasteiger partial charge in [-0.1, -0.05) is 47.7 Å². The van der Waals surface area contributed by atoms with Crippen LogP contribution in [0.4, 0.5) is 5.69 Å². The minimum atomic E-state index is -3.72. The first-order chi connectivity index (χ1) is 16.4. The number of anilines is 1. The highest BCUT2D eigenvalue weighted by Crippen LogP contribution is 2.22. The molecule has 3 aromatic carbocycles. The van der Waals surface area contributed by atoms with Gasteiger partial charge in [-0.25, -0.2) is 8.42 Å². The molecular weight excluding hydrogens is 468 g/mol. The normalized spacial score (nSPS) is 15.7. The van der Waals surface area contributed by atoms with Crippen LogP contribution in [0.15, 0.2) is 88.8 Å². The first-order valence-electron chi connectivity index (χ1n) is 11.0. The quantitative estimate of drug-likeness (QED) is 0.437. The van der Waals surface area contributed by atoms with Crippen molar-refractivity contribution in [1.29, 1.82) is 0 Å². The molecule has 2 heterocycles. The second-order valence-corrected chi connectivity index (χ2v) is 11.0. The summed E-state index contributed by atoms with van der Waals surface area (Å²) in [7, 11) is -1.85. The molecule has 5 rings (SSSR count). The van der Waals surface area contributed by atoms with Crippen molar-refractivity contribution in [3.05, 3.63) is 89.2 Å². The van der Waals surface area contributed by atoms with Crippen molar-refractivity contribution < 1.29 is 13.2 Å². The minimum Gasteiger partial charge on any atom is -0.369 e. The van der Waals surface area contributed by atoms with Crippen LogP contribution >= 0.6 is 11.3 Å². The Morgan fingerprint density at radius 3 is 2.32 bits per heavy atom. The Kier molecular flexibility index (Phi) is 6.07. The van der Waals surface area contributed by atoms with Crippen molar-refractivity contribution in [2.45, 2.75) is 4.90 Å². The first kappa shape index (κ1) is 22.5. The zero-order chi connectivity index (χ0) is 23.7. The Hall–Kier alpha value is -3.27. The molecule has 7 nitrogen and oxygen atoms in total. The lowest BCUT2D eigenvalue weighted by Gasteiger charge is -2.35. The van der Waals surface area contributed by atoms with E-state index in [4.69, 9.17) is 0 Å². The summed E-state index contributed by atoms with van der Waals surface area (Å²) in [5, 5.41) is 0. The van der Waals surface area contributed by atoms with Crippen LogP contribution in [0.1, 0.15) is 10.4 Å². The molecule has 4 aromatic rings. The molecule has 34 heavy (non-hydrogen) atoms. The summed E-state index contributed by atoms with van der Waals surface area (Å²) in [6, 6.07) is 24.0. The van der Waals surface area contributed by atoms with Gasteiger partial charge in [0.05, 0.1) is 15.1 Å². The van der Waals surface area contributed by atoms with Gasteiger partial charge in [0.1, 0.15) is 0 Å². The Labute approximate surface area is 202 Å². The summed E-state index contributed by atoms with van der Waals surface area (Å²) in [4.78, 5) is 20.0. The van der Waals surface area contributed by atoms with E-state index in [0.29, 0.717) is 31.0 Å². The van der Waals surface area contributed by atoms with Crippen LogP contribution < -0.4 is 9.70 Å². The third kappa shape index (κ3) is 4.29. The van der Waals surface area contributed by atoms with Gasteiger partial charge in [-0.2, -0.15) is 9.30 Å². The van der Waals surface area contributed by atoms with E-state index < -0.39 is 15.9 Å². The topological polar surface area (TPSA) is 75.0 Å². The van der Waals surface area contributed by atoms with Crippen molar-refractivity contribution in [1.82, 2.24) is 8.87 Å².